The number of nitrogens with two attached hydrogens (primary N) is 1. The van der Waals surface area contributed by atoms with Crippen molar-refractivity contribution in [2.24, 2.45) is 5.73 Å². The Hall–Kier alpha value is -0.930. The van der Waals surface area contributed by atoms with Gasteiger partial charge in [-0.2, -0.15) is 10.1 Å². The van der Waals surface area contributed by atoms with Gasteiger partial charge in [0, 0.05) is 30.2 Å². The Balaban J connectivity index is 2.18. The molecule has 0 saturated heterocycles. The van der Waals surface area contributed by atoms with Crippen LogP contribution in [0.15, 0.2) is 24.0 Å². The summed E-state index contributed by atoms with van der Waals surface area (Å²) in [4.78, 5) is 5.61. The summed E-state index contributed by atoms with van der Waals surface area (Å²) >= 11 is 3.86. The van der Waals surface area contributed by atoms with Crippen LogP contribution in [0.4, 0.5) is 0 Å². The Morgan fingerprint density at radius 2 is 2.39 bits per heavy atom. The summed E-state index contributed by atoms with van der Waals surface area (Å²) < 4.78 is 5.01. The van der Waals surface area contributed by atoms with Gasteiger partial charge >= 0.3 is 0 Å². The van der Waals surface area contributed by atoms with Gasteiger partial charge in [-0.1, -0.05) is 0 Å². The molecule has 0 amide bonds. The average molecular weight is 373 g/mol. The standard InChI is InChI=1S/C11H12IN5S/c1-7(13)4-9-10(17-6-8(12)5-14-17)15-11-16(9)2-3-18-11/h2-3,5-7H,4,13H2,1H3. The highest BCUT2D eigenvalue weighted by Crippen LogP contribution is 2.21. The third kappa shape index (κ3) is 2.06. The van der Waals surface area contributed by atoms with Gasteiger partial charge in [-0.15, -0.1) is 11.3 Å². The minimum absolute atomic E-state index is 0.0955. The quantitative estimate of drug-likeness (QED) is 0.716. The molecule has 5 nitrogen and oxygen atoms in total. The van der Waals surface area contributed by atoms with E-state index in [0.29, 0.717) is 0 Å². The molecule has 0 fully saturated rings. The number of fused-ring (bicyclic) bond motifs is 1. The summed E-state index contributed by atoms with van der Waals surface area (Å²) in [5.74, 6) is 0.877. The lowest BCUT2D eigenvalue weighted by atomic mass is 10.2. The minimum atomic E-state index is 0.0955. The molecule has 0 bridgehead atoms. The van der Waals surface area contributed by atoms with Gasteiger partial charge < -0.3 is 5.73 Å². The van der Waals surface area contributed by atoms with E-state index in [-0.39, 0.29) is 6.04 Å². The lowest BCUT2D eigenvalue weighted by molar-refractivity contribution is 0.705. The summed E-state index contributed by atoms with van der Waals surface area (Å²) in [6.07, 6.45) is 6.60. The molecule has 3 aromatic heterocycles. The summed E-state index contributed by atoms with van der Waals surface area (Å²) in [5, 5.41) is 6.36. The van der Waals surface area contributed by atoms with E-state index in [2.05, 4.69) is 37.1 Å². The zero-order valence-electron chi connectivity index (χ0n) is 9.75. The molecule has 1 atom stereocenters. The first kappa shape index (κ1) is 12.1. The van der Waals surface area contributed by atoms with Crippen LogP contribution in [-0.4, -0.2) is 25.2 Å². The molecule has 3 rings (SSSR count). The highest BCUT2D eigenvalue weighted by molar-refractivity contribution is 14.1. The van der Waals surface area contributed by atoms with Crippen LogP contribution in [0, 0.1) is 3.57 Å². The van der Waals surface area contributed by atoms with Crippen molar-refractivity contribution in [2.75, 3.05) is 0 Å². The average Bonchev–Trinajstić information content (AvgIpc) is 2.95. The van der Waals surface area contributed by atoms with E-state index in [1.807, 2.05) is 35.6 Å². The van der Waals surface area contributed by atoms with E-state index in [4.69, 9.17) is 5.73 Å². The van der Waals surface area contributed by atoms with Gasteiger partial charge in [0.2, 0.25) is 0 Å². The van der Waals surface area contributed by atoms with E-state index < -0.39 is 0 Å². The Kier molecular flexibility index (Phi) is 3.12. The van der Waals surface area contributed by atoms with Crippen molar-refractivity contribution in [2.45, 2.75) is 19.4 Å². The van der Waals surface area contributed by atoms with Crippen LogP contribution in [0.5, 0.6) is 0 Å². The molecule has 0 aliphatic heterocycles. The second kappa shape index (κ2) is 4.63. The van der Waals surface area contributed by atoms with Crippen molar-refractivity contribution < 1.29 is 0 Å². The van der Waals surface area contributed by atoms with Gasteiger partial charge in [0.1, 0.15) is 0 Å². The Bertz CT molecular complexity index is 681. The molecular weight excluding hydrogens is 361 g/mol. The number of imidazole rings is 1. The van der Waals surface area contributed by atoms with E-state index in [1.54, 1.807) is 11.3 Å². The van der Waals surface area contributed by atoms with Crippen LogP contribution in [-0.2, 0) is 6.42 Å². The minimum Gasteiger partial charge on any atom is -0.328 e. The van der Waals surface area contributed by atoms with Crippen molar-refractivity contribution in [3.05, 3.63) is 33.2 Å². The van der Waals surface area contributed by atoms with E-state index in [9.17, 15) is 0 Å². The molecule has 0 aliphatic carbocycles. The van der Waals surface area contributed by atoms with Gasteiger partial charge in [0.15, 0.2) is 10.8 Å². The van der Waals surface area contributed by atoms with E-state index in [1.165, 1.54) is 0 Å². The Labute approximate surface area is 122 Å². The first-order valence-electron chi connectivity index (χ1n) is 5.55. The summed E-state index contributed by atoms with van der Waals surface area (Å²) in [6, 6.07) is 0.0955. The van der Waals surface area contributed by atoms with Crippen LogP contribution in [0.3, 0.4) is 0 Å². The fourth-order valence-electron chi connectivity index (χ4n) is 1.92. The molecule has 0 aliphatic rings. The number of nitrogens with zero attached hydrogens (tertiary/aromatic N) is 4. The zero-order chi connectivity index (χ0) is 12.7. The Morgan fingerprint density at radius 3 is 3.06 bits per heavy atom. The van der Waals surface area contributed by atoms with Crippen molar-refractivity contribution in [1.29, 1.82) is 0 Å². The van der Waals surface area contributed by atoms with Gasteiger partial charge in [-0.05, 0) is 29.5 Å². The molecule has 0 spiro atoms. The predicted molar refractivity (Wildman–Crippen MR) is 80.3 cm³/mol. The second-order valence-electron chi connectivity index (χ2n) is 4.22. The molecule has 0 radical (unpaired) electrons. The van der Waals surface area contributed by atoms with Crippen LogP contribution in [0.25, 0.3) is 10.8 Å². The van der Waals surface area contributed by atoms with Crippen LogP contribution in [0.1, 0.15) is 12.6 Å². The third-order valence-corrected chi connectivity index (χ3v) is 3.94. The maximum absolute atomic E-state index is 5.93. The van der Waals surface area contributed by atoms with E-state index in [0.717, 1.165) is 26.5 Å². The Morgan fingerprint density at radius 1 is 1.56 bits per heavy atom. The van der Waals surface area contributed by atoms with Gasteiger partial charge in [-0.3, -0.25) is 4.40 Å². The summed E-state index contributed by atoms with van der Waals surface area (Å²) in [7, 11) is 0. The number of thiazole rings is 1. The van der Waals surface area contributed by atoms with Crippen molar-refractivity contribution in [3.8, 4) is 5.82 Å². The highest BCUT2D eigenvalue weighted by atomic mass is 127. The second-order valence-corrected chi connectivity index (χ2v) is 6.34. The van der Waals surface area contributed by atoms with Crippen LogP contribution in [0.2, 0.25) is 0 Å². The normalized spacial score (nSPS) is 13.3. The zero-order valence-corrected chi connectivity index (χ0v) is 12.7. The topological polar surface area (TPSA) is 61.1 Å². The summed E-state index contributed by atoms with van der Waals surface area (Å²) in [5.41, 5.74) is 7.04. The fraction of sp³-hybridized carbons (Fsp3) is 0.273. The number of rotatable bonds is 3. The molecule has 0 saturated carbocycles. The van der Waals surface area contributed by atoms with Crippen molar-refractivity contribution >= 4 is 38.9 Å². The smallest absolute Gasteiger partial charge is 0.195 e. The number of hydrogen-bond acceptors (Lipinski definition) is 4. The molecule has 2 N–H and O–H groups in total. The number of hydrogen-bond donors (Lipinski definition) is 1. The first-order valence-corrected chi connectivity index (χ1v) is 7.51. The molecule has 3 aromatic rings. The molecule has 94 valence electrons. The number of halogens is 1. The van der Waals surface area contributed by atoms with Gasteiger partial charge in [-0.25, -0.2) is 4.68 Å². The molecular formula is C11H12IN5S. The van der Waals surface area contributed by atoms with E-state index >= 15 is 0 Å². The van der Waals surface area contributed by atoms with Gasteiger partial charge in [0.05, 0.1) is 15.5 Å². The lowest BCUT2D eigenvalue weighted by Gasteiger charge is -2.06. The van der Waals surface area contributed by atoms with Gasteiger partial charge in [0.25, 0.3) is 0 Å². The molecule has 18 heavy (non-hydrogen) atoms. The SMILES string of the molecule is CC(N)Cc1c(-n2cc(I)cn2)nc2sccn12. The molecule has 1 unspecified atom stereocenters. The van der Waals surface area contributed by atoms with Crippen LogP contribution < -0.4 is 5.73 Å². The molecule has 0 aromatic carbocycles. The number of aromatic nitrogens is 4. The third-order valence-electron chi connectivity index (χ3n) is 2.62. The summed E-state index contributed by atoms with van der Waals surface area (Å²) in [6.45, 7) is 2.00. The maximum atomic E-state index is 5.93. The fourth-order valence-corrected chi connectivity index (χ4v) is 3.03. The van der Waals surface area contributed by atoms with Crippen LogP contribution >= 0.6 is 33.9 Å². The molecule has 3 heterocycles. The predicted octanol–water partition coefficient (Wildman–Crippen LogP) is 2.08. The van der Waals surface area contributed by atoms with Crippen molar-refractivity contribution in [1.82, 2.24) is 19.2 Å². The monoisotopic (exact) mass is 373 g/mol. The van der Waals surface area contributed by atoms with Crippen molar-refractivity contribution in [3.63, 3.8) is 0 Å². The first-order chi connectivity index (χ1) is 8.65. The molecule has 7 heteroatoms. The maximum Gasteiger partial charge on any atom is 0.195 e. The lowest BCUT2D eigenvalue weighted by Crippen LogP contribution is -2.20. The highest BCUT2D eigenvalue weighted by Gasteiger charge is 2.16. The largest absolute Gasteiger partial charge is 0.328 e.